The monoisotopic (exact) mass is 679 g/mol. The Labute approximate surface area is 280 Å². The quantitative estimate of drug-likeness (QED) is 0.145. The minimum atomic E-state index is -4.76. The number of hydrogen-bond donors (Lipinski definition) is 1. The SMILES string of the molecule is CCCCNC(=O)C(Cc1ccccc1)N(Cc1cccc(C)c1)C(=O)CN(c1cccc(C(F)(F)F)c1)S(=O)(=O)c1ccc(C)cc1. The molecule has 0 bridgehead atoms. The number of halogens is 3. The number of alkyl halides is 3. The third-order valence-corrected chi connectivity index (χ3v) is 9.67. The summed E-state index contributed by atoms with van der Waals surface area (Å²) in [4.78, 5) is 29.5. The predicted molar refractivity (Wildman–Crippen MR) is 181 cm³/mol. The Bertz CT molecular complexity index is 1800. The van der Waals surface area contributed by atoms with Gasteiger partial charge in [0.15, 0.2) is 0 Å². The molecule has 2 amide bonds. The van der Waals surface area contributed by atoms with E-state index in [1.807, 2.05) is 62.4 Å². The van der Waals surface area contributed by atoms with Crippen LogP contribution in [0.1, 0.15) is 47.6 Å². The highest BCUT2D eigenvalue weighted by atomic mass is 32.2. The Morgan fingerprint density at radius 3 is 2.12 bits per heavy atom. The summed E-state index contributed by atoms with van der Waals surface area (Å²) in [5.41, 5.74) is 1.77. The Morgan fingerprint density at radius 1 is 0.812 bits per heavy atom. The number of nitrogens with zero attached hydrogens (tertiary/aromatic N) is 2. The first-order chi connectivity index (χ1) is 22.8. The molecule has 0 fully saturated rings. The number of anilines is 1. The second-order valence-electron chi connectivity index (χ2n) is 11.7. The van der Waals surface area contributed by atoms with Crippen molar-refractivity contribution >= 4 is 27.5 Å². The summed E-state index contributed by atoms with van der Waals surface area (Å²) in [7, 11) is -4.55. The molecule has 11 heteroatoms. The molecule has 0 radical (unpaired) electrons. The predicted octanol–water partition coefficient (Wildman–Crippen LogP) is 7.07. The zero-order valence-electron chi connectivity index (χ0n) is 27.2. The number of rotatable bonds is 14. The van der Waals surface area contributed by atoms with Gasteiger partial charge >= 0.3 is 6.18 Å². The molecule has 4 aromatic rings. The fourth-order valence-electron chi connectivity index (χ4n) is 5.27. The van der Waals surface area contributed by atoms with E-state index in [0.29, 0.717) is 28.9 Å². The minimum Gasteiger partial charge on any atom is -0.354 e. The molecule has 0 saturated carbocycles. The van der Waals surface area contributed by atoms with Crippen molar-refractivity contribution in [1.29, 1.82) is 0 Å². The first-order valence-electron chi connectivity index (χ1n) is 15.7. The third-order valence-electron chi connectivity index (χ3n) is 7.89. The average molecular weight is 680 g/mol. The van der Waals surface area contributed by atoms with Crippen molar-refractivity contribution in [2.24, 2.45) is 0 Å². The molecule has 1 N–H and O–H groups in total. The third kappa shape index (κ3) is 9.47. The van der Waals surface area contributed by atoms with Crippen LogP contribution in [-0.2, 0) is 38.8 Å². The number of nitrogens with one attached hydrogen (secondary N) is 1. The van der Waals surface area contributed by atoms with Gasteiger partial charge in [0.2, 0.25) is 11.8 Å². The summed E-state index contributed by atoms with van der Waals surface area (Å²) in [6, 6.07) is 25.1. The molecule has 0 aromatic heterocycles. The highest BCUT2D eigenvalue weighted by molar-refractivity contribution is 7.92. The molecule has 0 heterocycles. The zero-order valence-corrected chi connectivity index (χ0v) is 28.0. The summed E-state index contributed by atoms with van der Waals surface area (Å²) in [6.07, 6.45) is -3.08. The van der Waals surface area contributed by atoms with Crippen molar-refractivity contribution in [3.05, 3.63) is 131 Å². The van der Waals surface area contributed by atoms with Crippen molar-refractivity contribution in [3.63, 3.8) is 0 Å². The van der Waals surface area contributed by atoms with Gasteiger partial charge in [-0.1, -0.05) is 97.3 Å². The van der Waals surface area contributed by atoms with Crippen LogP contribution in [0.3, 0.4) is 0 Å². The van der Waals surface area contributed by atoms with Crippen molar-refractivity contribution in [1.82, 2.24) is 10.2 Å². The molecule has 1 unspecified atom stereocenters. The first-order valence-corrected chi connectivity index (χ1v) is 17.2. The zero-order chi connectivity index (χ0) is 34.9. The number of carbonyl (C=O) groups is 2. The topological polar surface area (TPSA) is 86.8 Å². The second kappa shape index (κ2) is 16.0. The molecule has 0 spiro atoms. The van der Waals surface area contributed by atoms with E-state index < -0.39 is 46.2 Å². The van der Waals surface area contributed by atoms with E-state index in [0.717, 1.165) is 35.2 Å². The summed E-state index contributed by atoms with van der Waals surface area (Å²) < 4.78 is 70.4. The molecule has 0 aliphatic carbocycles. The van der Waals surface area contributed by atoms with Crippen molar-refractivity contribution in [2.45, 2.75) is 63.7 Å². The summed E-state index contributed by atoms with van der Waals surface area (Å²) in [5.74, 6) is -1.17. The van der Waals surface area contributed by atoms with E-state index in [1.54, 1.807) is 25.1 Å². The summed E-state index contributed by atoms with van der Waals surface area (Å²) in [5, 5.41) is 2.92. The van der Waals surface area contributed by atoms with Gasteiger partial charge in [-0.15, -0.1) is 0 Å². The number of sulfonamides is 1. The van der Waals surface area contributed by atoms with Crippen LogP contribution in [0.4, 0.5) is 18.9 Å². The van der Waals surface area contributed by atoms with Crippen LogP contribution in [0, 0.1) is 13.8 Å². The number of benzene rings is 4. The van der Waals surface area contributed by atoms with E-state index in [9.17, 15) is 31.2 Å². The van der Waals surface area contributed by atoms with Gasteiger partial charge in [0.05, 0.1) is 16.1 Å². The van der Waals surface area contributed by atoms with Gasteiger partial charge in [0.25, 0.3) is 10.0 Å². The van der Waals surface area contributed by atoms with Gasteiger partial charge in [0.1, 0.15) is 12.6 Å². The smallest absolute Gasteiger partial charge is 0.354 e. The van der Waals surface area contributed by atoms with Gasteiger partial charge in [-0.2, -0.15) is 13.2 Å². The average Bonchev–Trinajstić information content (AvgIpc) is 3.05. The van der Waals surface area contributed by atoms with Crippen molar-refractivity contribution < 1.29 is 31.2 Å². The molecular formula is C37H40F3N3O4S. The Balaban J connectivity index is 1.83. The number of hydrogen-bond acceptors (Lipinski definition) is 4. The molecule has 1 atom stereocenters. The maximum Gasteiger partial charge on any atom is 0.416 e. The number of carbonyl (C=O) groups excluding carboxylic acids is 2. The fraction of sp³-hybridized carbons (Fsp3) is 0.297. The molecule has 4 rings (SSSR count). The van der Waals surface area contributed by atoms with E-state index in [4.69, 9.17) is 0 Å². The van der Waals surface area contributed by atoms with Crippen LogP contribution >= 0.6 is 0 Å². The standard InChI is InChI=1S/C37H40F3N3O4S/c1-4-5-21-41-36(45)34(23-29-12-7-6-8-13-29)42(25-30-14-9-11-28(3)22-30)35(44)26-43(32-16-10-15-31(24-32)37(38,39)40)48(46,47)33-19-17-27(2)18-20-33/h6-20,22,24,34H,4-5,21,23,25-26H2,1-3H3,(H,41,45). The van der Waals surface area contributed by atoms with Crippen molar-refractivity contribution in [2.75, 3.05) is 17.4 Å². The molecule has 48 heavy (non-hydrogen) atoms. The van der Waals surface area contributed by atoms with E-state index in [1.165, 1.54) is 23.1 Å². The van der Waals surface area contributed by atoms with Crippen LogP contribution < -0.4 is 9.62 Å². The van der Waals surface area contributed by atoms with E-state index in [2.05, 4.69) is 5.32 Å². The molecule has 254 valence electrons. The number of amides is 2. The van der Waals surface area contributed by atoms with Crippen LogP contribution in [-0.4, -0.2) is 44.3 Å². The second-order valence-corrected chi connectivity index (χ2v) is 13.6. The lowest BCUT2D eigenvalue weighted by molar-refractivity contribution is -0.140. The molecule has 7 nitrogen and oxygen atoms in total. The normalized spacial score (nSPS) is 12.3. The lowest BCUT2D eigenvalue weighted by Crippen LogP contribution is -2.53. The molecular weight excluding hydrogens is 639 g/mol. The lowest BCUT2D eigenvalue weighted by Gasteiger charge is -2.34. The largest absolute Gasteiger partial charge is 0.416 e. The highest BCUT2D eigenvalue weighted by Gasteiger charge is 2.36. The summed E-state index contributed by atoms with van der Waals surface area (Å²) in [6.45, 7) is 5.13. The van der Waals surface area contributed by atoms with Crippen LogP contribution in [0.15, 0.2) is 108 Å². The van der Waals surface area contributed by atoms with Gasteiger partial charge < -0.3 is 10.2 Å². The van der Waals surface area contributed by atoms with Gasteiger partial charge in [-0.05, 0) is 61.7 Å². The Morgan fingerprint density at radius 2 is 1.48 bits per heavy atom. The maximum atomic E-state index is 14.5. The first kappa shape index (κ1) is 36.2. The Hall–Kier alpha value is -4.64. The van der Waals surface area contributed by atoms with E-state index in [-0.39, 0.29) is 23.5 Å². The molecule has 4 aromatic carbocycles. The van der Waals surface area contributed by atoms with Crippen LogP contribution in [0.5, 0.6) is 0 Å². The maximum absolute atomic E-state index is 14.5. The summed E-state index contributed by atoms with van der Waals surface area (Å²) >= 11 is 0. The highest BCUT2D eigenvalue weighted by Crippen LogP contribution is 2.33. The Kier molecular flexibility index (Phi) is 12.0. The lowest BCUT2D eigenvalue weighted by atomic mass is 10.0. The van der Waals surface area contributed by atoms with E-state index >= 15 is 0 Å². The molecule has 0 aliphatic heterocycles. The fourth-order valence-corrected chi connectivity index (χ4v) is 6.68. The number of aryl methyl sites for hydroxylation is 2. The van der Waals surface area contributed by atoms with Crippen molar-refractivity contribution in [3.8, 4) is 0 Å². The van der Waals surface area contributed by atoms with Gasteiger partial charge in [-0.3, -0.25) is 13.9 Å². The van der Waals surface area contributed by atoms with Crippen LogP contribution in [0.2, 0.25) is 0 Å². The van der Waals surface area contributed by atoms with Gasteiger partial charge in [-0.25, -0.2) is 8.42 Å². The minimum absolute atomic E-state index is 0.0414. The molecule has 0 saturated heterocycles. The van der Waals surface area contributed by atoms with Gasteiger partial charge in [0, 0.05) is 19.5 Å². The number of unbranched alkanes of at least 4 members (excludes halogenated alkanes) is 1. The van der Waals surface area contributed by atoms with Crippen LogP contribution in [0.25, 0.3) is 0 Å². The molecule has 0 aliphatic rings.